The predicted octanol–water partition coefficient (Wildman–Crippen LogP) is 2.59. The minimum Gasteiger partial charge on any atom is -0.439 e. The topological polar surface area (TPSA) is 38.1 Å². The molecule has 32 heavy (non-hydrogen) atoms. The zero-order chi connectivity index (χ0) is 22.6. The SMILES string of the molecule is CC(C)c1cccc(C(C)C)c1-n1cc[n+](C)c1B1C=c2oc3ncccc3c2=CN1C. The van der Waals surface area contributed by atoms with Gasteiger partial charge in [-0.15, -0.1) is 0 Å². The van der Waals surface area contributed by atoms with Crippen LogP contribution in [0.15, 0.2) is 53.3 Å². The fourth-order valence-electron chi connectivity index (χ4n) is 4.85. The number of imidazole rings is 1. The molecule has 4 aromatic rings. The van der Waals surface area contributed by atoms with Gasteiger partial charge in [-0.25, -0.2) is 14.1 Å². The van der Waals surface area contributed by atoms with Crippen molar-refractivity contribution in [3.05, 3.63) is 70.7 Å². The lowest BCUT2D eigenvalue weighted by atomic mass is 9.58. The molecule has 1 aliphatic heterocycles. The zero-order valence-electron chi connectivity index (χ0n) is 19.7. The first kappa shape index (κ1) is 20.6. The highest BCUT2D eigenvalue weighted by atomic mass is 16.3. The van der Waals surface area contributed by atoms with E-state index in [-0.39, 0.29) is 6.85 Å². The van der Waals surface area contributed by atoms with Gasteiger partial charge in [0.1, 0.15) is 23.5 Å². The van der Waals surface area contributed by atoms with Crippen LogP contribution in [0.1, 0.15) is 50.7 Å². The normalized spacial score (nSPS) is 13.6. The first-order valence-electron chi connectivity index (χ1n) is 11.4. The monoisotopic (exact) mass is 425 g/mol. The van der Waals surface area contributed by atoms with E-state index in [1.54, 1.807) is 6.20 Å². The van der Waals surface area contributed by atoms with Gasteiger partial charge in [0.2, 0.25) is 11.4 Å². The summed E-state index contributed by atoms with van der Waals surface area (Å²) in [5.74, 6) is 3.07. The molecule has 0 saturated heterocycles. The van der Waals surface area contributed by atoms with E-state index >= 15 is 0 Å². The summed E-state index contributed by atoms with van der Waals surface area (Å²) in [6.07, 6.45) is 8.30. The van der Waals surface area contributed by atoms with E-state index in [2.05, 4.69) is 110 Å². The molecule has 0 atom stereocenters. The summed E-state index contributed by atoms with van der Waals surface area (Å²) >= 11 is 0. The highest BCUT2D eigenvalue weighted by molar-refractivity contribution is 6.82. The molecule has 0 spiro atoms. The second-order valence-electron chi connectivity index (χ2n) is 9.37. The summed E-state index contributed by atoms with van der Waals surface area (Å²) in [6, 6.07) is 10.7. The Labute approximate surface area is 189 Å². The van der Waals surface area contributed by atoms with Crippen LogP contribution < -0.4 is 20.9 Å². The van der Waals surface area contributed by atoms with Crippen LogP contribution in [0.4, 0.5) is 0 Å². The number of aryl methyl sites for hydroxylation is 1. The second-order valence-corrected chi connectivity index (χ2v) is 9.37. The lowest BCUT2D eigenvalue weighted by Crippen LogP contribution is -2.62. The van der Waals surface area contributed by atoms with Gasteiger partial charge < -0.3 is 9.23 Å². The number of nitrogens with zero attached hydrogens (tertiary/aromatic N) is 4. The predicted molar refractivity (Wildman–Crippen MR) is 130 cm³/mol. The fourth-order valence-corrected chi connectivity index (χ4v) is 4.85. The van der Waals surface area contributed by atoms with E-state index in [0.717, 1.165) is 16.0 Å². The number of aromatic nitrogens is 3. The van der Waals surface area contributed by atoms with Crippen LogP contribution in [-0.2, 0) is 7.05 Å². The Balaban J connectivity index is 1.75. The molecule has 0 fully saturated rings. The third kappa shape index (κ3) is 3.17. The average molecular weight is 425 g/mol. The van der Waals surface area contributed by atoms with Crippen LogP contribution in [0, 0.1) is 0 Å². The number of benzene rings is 1. The third-order valence-electron chi connectivity index (χ3n) is 6.51. The molecule has 0 aliphatic carbocycles. The average Bonchev–Trinajstić information content (AvgIpc) is 3.32. The molecule has 0 saturated carbocycles. The van der Waals surface area contributed by atoms with Gasteiger partial charge in [-0.05, 0) is 43.2 Å². The van der Waals surface area contributed by atoms with Crippen LogP contribution >= 0.6 is 0 Å². The van der Waals surface area contributed by atoms with Gasteiger partial charge in [-0.2, -0.15) is 0 Å². The van der Waals surface area contributed by atoms with E-state index in [1.165, 1.54) is 22.5 Å². The van der Waals surface area contributed by atoms with Crippen molar-refractivity contribution < 1.29 is 8.98 Å². The summed E-state index contributed by atoms with van der Waals surface area (Å²) in [6.45, 7) is 9.11. The third-order valence-corrected chi connectivity index (χ3v) is 6.51. The van der Waals surface area contributed by atoms with Crippen LogP contribution in [0.3, 0.4) is 0 Å². The lowest BCUT2D eigenvalue weighted by molar-refractivity contribution is -0.653. The van der Waals surface area contributed by atoms with Gasteiger partial charge in [0.05, 0.1) is 7.05 Å². The van der Waals surface area contributed by atoms with Crippen LogP contribution in [-0.4, -0.2) is 28.3 Å². The van der Waals surface area contributed by atoms with Gasteiger partial charge in [-0.1, -0.05) is 45.9 Å². The minimum atomic E-state index is 0.0308. The standard InChI is InChI=1S/C26H30BN4O/c1-17(2)19-9-7-10-20(18(3)4)24(19)31-14-13-29(5)26(31)27-15-23-22(16-30(27)6)21-11-8-12-28-25(21)32-23/h7-18H,1-6H3/q+1. The number of pyridine rings is 1. The molecule has 1 aromatic carbocycles. The Bertz CT molecular complexity index is 1400. The number of hydrogen-bond donors (Lipinski definition) is 0. The van der Waals surface area contributed by atoms with Crippen molar-refractivity contribution in [2.45, 2.75) is 39.5 Å². The van der Waals surface area contributed by atoms with Gasteiger partial charge in [0.25, 0.3) is 0 Å². The fraction of sp³-hybridized carbons (Fsp3) is 0.308. The van der Waals surface area contributed by atoms with E-state index in [9.17, 15) is 0 Å². The maximum Gasteiger partial charge on any atom is 0.424 e. The second kappa shape index (κ2) is 7.70. The first-order valence-corrected chi connectivity index (χ1v) is 11.4. The molecule has 1 aliphatic rings. The maximum absolute atomic E-state index is 6.13. The molecule has 0 amide bonds. The number of hydrogen-bond acceptors (Lipinski definition) is 3. The van der Waals surface area contributed by atoms with E-state index < -0.39 is 0 Å². The zero-order valence-corrected chi connectivity index (χ0v) is 19.7. The molecule has 0 N–H and O–H groups in total. The van der Waals surface area contributed by atoms with Crippen molar-refractivity contribution in [1.82, 2.24) is 14.4 Å². The van der Waals surface area contributed by atoms with Crippen molar-refractivity contribution in [1.29, 1.82) is 0 Å². The molecule has 0 radical (unpaired) electrons. The van der Waals surface area contributed by atoms with Gasteiger partial charge >= 0.3 is 6.85 Å². The number of rotatable bonds is 4. The minimum absolute atomic E-state index is 0.0308. The molecule has 5 rings (SSSR count). The van der Waals surface area contributed by atoms with E-state index in [4.69, 9.17) is 4.42 Å². The molecule has 0 bridgehead atoms. The molecule has 4 heterocycles. The molecule has 0 unspecified atom stereocenters. The van der Waals surface area contributed by atoms with Crippen LogP contribution in [0.5, 0.6) is 0 Å². The Morgan fingerprint density at radius 3 is 2.44 bits per heavy atom. The largest absolute Gasteiger partial charge is 0.439 e. The molecule has 6 heteroatoms. The quantitative estimate of drug-likeness (QED) is 0.373. The number of para-hydroxylation sites is 1. The summed E-state index contributed by atoms with van der Waals surface area (Å²) < 4.78 is 10.7. The van der Waals surface area contributed by atoms with Crippen molar-refractivity contribution in [3.63, 3.8) is 0 Å². The molecule has 3 aromatic heterocycles. The van der Waals surface area contributed by atoms with Crippen LogP contribution in [0.2, 0.25) is 0 Å². The highest BCUT2D eigenvalue weighted by Gasteiger charge is 2.36. The highest BCUT2D eigenvalue weighted by Crippen LogP contribution is 2.30. The summed E-state index contributed by atoms with van der Waals surface area (Å²) in [5.41, 5.74) is 6.79. The molecular weight excluding hydrogens is 395 g/mol. The van der Waals surface area contributed by atoms with Gasteiger partial charge in [0.15, 0.2) is 0 Å². The van der Waals surface area contributed by atoms with Crippen molar-refractivity contribution in [3.8, 4) is 5.69 Å². The van der Waals surface area contributed by atoms with E-state index in [0.29, 0.717) is 17.5 Å². The van der Waals surface area contributed by atoms with Crippen molar-refractivity contribution >= 4 is 35.8 Å². The van der Waals surface area contributed by atoms with Gasteiger partial charge in [0, 0.05) is 27.9 Å². The number of furan rings is 1. The summed E-state index contributed by atoms with van der Waals surface area (Å²) in [5, 5.41) is 2.15. The van der Waals surface area contributed by atoms with E-state index in [1.807, 2.05) is 6.07 Å². The Hall–Kier alpha value is -3.28. The summed E-state index contributed by atoms with van der Waals surface area (Å²) in [4.78, 5) is 6.68. The first-order chi connectivity index (χ1) is 15.4. The Morgan fingerprint density at radius 2 is 1.75 bits per heavy atom. The smallest absolute Gasteiger partial charge is 0.424 e. The molecule has 5 nitrogen and oxygen atoms in total. The van der Waals surface area contributed by atoms with Crippen molar-refractivity contribution in [2.24, 2.45) is 7.05 Å². The van der Waals surface area contributed by atoms with Crippen LogP contribution in [0.25, 0.3) is 29.0 Å². The molecular formula is C26H30BN4O+. The van der Waals surface area contributed by atoms with Crippen molar-refractivity contribution in [2.75, 3.05) is 7.05 Å². The summed E-state index contributed by atoms with van der Waals surface area (Å²) in [7, 11) is 4.25. The Kier molecular flexibility index (Phi) is 4.96. The Morgan fingerprint density at radius 1 is 1.03 bits per heavy atom. The lowest BCUT2D eigenvalue weighted by Gasteiger charge is -2.23. The number of fused-ring (bicyclic) bond motifs is 3. The van der Waals surface area contributed by atoms with Gasteiger partial charge in [-0.3, -0.25) is 0 Å². The molecule has 162 valence electrons. The maximum atomic E-state index is 6.13.